The highest BCUT2D eigenvalue weighted by atomic mass is 16.5. The molecule has 0 spiro atoms. The van der Waals surface area contributed by atoms with E-state index >= 15 is 0 Å². The van der Waals surface area contributed by atoms with Crippen molar-refractivity contribution in [2.75, 3.05) is 44.8 Å². The van der Waals surface area contributed by atoms with Crippen LogP contribution in [-0.4, -0.2) is 49.8 Å². The fraction of sp³-hybridized carbons (Fsp3) is 0.571. The Balaban J connectivity index is 2.12. The Morgan fingerprint density at radius 2 is 2.00 bits per heavy atom. The maximum Gasteiger partial charge on any atom is 0.267 e. The largest absolute Gasteiger partial charge is 0.378 e. The van der Waals surface area contributed by atoms with Gasteiger partial charge in [-0.2, -0.15) is 5.26 Å². The Bertz CT molecular complexity index is 611. The molecule has 3 rings (SSSR count). The fourth-order valence-electron chi connectivity index (χ4n) is 2.95. The molecule has 0 aromatic carbocycles. The number of morpholine rings is 1. The van der Waals surface area contributed by atoms with Gasteiger partial charge in [-0.1, -0.05) is 0 Å². The molecule has 1 aromatic rings. The molecule has 0 atom stereocenters. The molecule has 106 valence electrons. The van der Waals surface area contributed by atoms with Crippen molar-refractivity contribution in [3.8, 4) is 6.07 Å². The molecule has 1 N–H and O–H groups in total. The molecule has 0 saturated carbocycles. The zero-order valence-corrected chi connectivity index (χ0v) is 11.6. The molecule has 2 aliphatic heterocycles. The number of aromatic amines is 1. The van der Waals surface area contributed by atoms with Gasteiger partial charge in [-0.15, -0.1) is 0 Å². The highest BCUT2D eigenvalue weighted by Crippen LogP contribution is 2.27. The maximum atomic E-state index is 12.1. The summed E-state index contributed by atoms with van der Waals surface area (Å²) in [5, 5.41) is 9.22. The Labute approximate surface area is 117 Å². The average molecular weight is 274 g/mol. The van der Waals surface area contributed by atoms with Crippen molar-refractivity contribution in [3.05, 3.63) is 27.0 Å². The first kappa shape index (κ1) is 13.2. The molecule has 0 amide bonds. The molecule has 0 unspecified atom stereocenters. The van der Waals surface area contributed by atoms with Crippen molar-refractivity contribution in [1.29, 1.82) is 5.26 Å². The van der Waals surface area contributed by atoms with Gasteiger partial charge < -0.3 is 19.5 Å². The van der Waals surface area contributed by atoms with Crippen molar-refractivity contribution in [2.45, 2.75) is 13.0 Å². The third-order valence-electron chi connectivity index (χ3n) is 4.02. The van der Waals surface area contributed by atoms with Crippen molar-refractivity contribution in [1.82, 2.24) is 9.88 Å². The first-order chi connectivity index (χ1) is 9.70. The summed E-state index contributed by atoms with van der Waals surface area (Å²) in [6.07, 6.45) is 0.760. The maximum absolute atomic E-state index is 12.1. The second-order valence-electron chi connectivity index (χ2n) is 5.33. The number of ether oxygens (including phenoxy) is 1. The second kappa shape index (κ2) is 5.27. The summed E-state index contributed by atoms with van der Waals surface area (Å²) in [6.45, 7) is 4.55. The van der Waals surface area contributed by atoms with Crippen molar-refractivity contribution < 1.29 is 4.74 Å². The number of nitriles is 1. The predicted molar refractivity (Wildman–Crippen MR) is 74.8 cm³/mol. The third-order valence-corrected chi connectivity index (χ3v) is 4.02. The summed E-state index contributed by atoms with van der Waals surface area (Å²) >= 11 is 0. The number of likely N-dealkylation sites (N-methyl/N-ethyl adjacent to an activating group) is 1. The second-order valence-corrected chi connectivity index (χ2v) is 5.33. The number of nitrogens with zero attached hydrogens (tertiary/aromatic N) is 3. The van der Waals surface area contributed by atoms with Gasteiger partial charge in [0.15, 0.2) is 0 Å². The Morgan fingerprint density at radius 1 is 1.25 bits per heavy atom. The van der Waals surface area contributed by atoms with Crippen LogP contribution in [0.4, 0.5) is 5.82 Å². The Morgan fingerprint density at radius 3 is 2.70 bits per heavy atom. The Kier molecular flexibility index (Phi) is 3.47. The lowest BCUT2D eigenvalue weighted by Gasteiger charge is -2.34. The van der Waals surface area contributed by atoms with E-state index in [1.54, 1.807) is 0 Å². The minimum atomic E-state index is -0.266. The van der Waals surface area contributed by atoms with Crippen LogP contribution in [0, 0.1) is 11.3 Å². The number of nitrogens with one attached hydrogen (secondary N) is 1. The fourth-order valence-corrected chi connectivity index (χ4v) is 2.95. The van der Waals surface area contributed by atoms with Crippen molar-refractivity contribution >= 4 is 5.82 Å². The predicted octanol–water partition coefficient (Wildman–Crippen LogP) is 0.0711. The van der Waals surface area contributed by atoms with E-state index in [-0.39, 0.29) is 11.1 Å². The van der Waals surface area contributed by atoms with Gasteiger partial charge in [-0.05, 0) is 19.0 Å². The zero-order valence-electron chi connectivity index (χ0n) is 11.6. The number of aromatic nitrogens is 1. The lowest BCUT2D eigenvalue weighted by Crippen LogP contribution is -2.40. The summed E-state index contributed by atoms with van der Waals surface area (Å²) in [6, 6.07) is 2.06. The minimum Gasteiger partial charge on any atom is -0.378 e. The first-order valence-corrected chi connectivity index (χ1v) is 6.90. The number of fused-ring (bicyclic) bond motifs is 1. The third kappa shape index (κ3) is 2.19. The molecular formula is C14H18N4O2. The molecule has 3 heterocycles. The van der Waals surface area contributed by atoms with Crippen LogP contribution in [0.5, 0.6) is 0 Å². The van der Waals surface area contributed by atoms with E-state index in [4.69, 9.17) is 4.74 Å². The number of hydrogen-bond donors (Lipinski definition) is 1. The van der Waals surface area contributed by atoms with Gasteiger partial charge >= 0.3 is 0 Å². The van der Waals surface area contributed by atoms with Crippen molar-refractivity contribution in [2.24, 2.45) is 0 Å². The number of anilines is 1. The average Bonchev–Trinajstić information content (AvgIpc) is 2.48. The highest BCUT2D eigenvalue weighted by molar-refractivity contribution is 5.56. The summed E-state index contributed by atoms with van der Waals surface area (Å²) in [7, 11) is 2.06. The number of pyridine rings is 1. The van der Waals surface area contributed by atoms with Crippen LogP contribution in [0.15, 0.2) is 4.79 Å². The van der Waals surface area contributed by atoms with E-state index in [0.717, 1.165) is 49.5 Å². The molecule has 1 saturated heterocycles. The van der Waals surface area contributed by atoms with Crippen LogP contribution >= 0.6 is 0 Å². The molecule has 20 heavy (non-hydrogen) atoms. The van der Waals surface area contributed by atoms with Gasteiger partial charge in [0.25, 0.3) is 5.56 Å². The van der Waals surface area contributed by atoms with Crippen LogP contribution in [0.2, 0.25) is 0 Å². The topological polar surface area (TPSA) is 72.4 Å². The lowest BCUT2D eigenvalue weighted by molar-refractivity contribution is 0.122. The lowest BCUT2D eigenvalue weighted by atomic mass is 9.96. The molecule has 1 fully saturated rings. The van der Waals surface area contributed by atoms with Crippen LogP contribution in [0.25, 0.3) is 0 Å². The smallest absolute Gasteiger partial charge is 0.267 e. The molecule has 6 nitrogen and oxygen atoms in total. The highest BCUT2D eigenvalue weighted by Gasteiger charge is 2.25. The zero-order chi connectivity index (χ0) is 14.1. The number of rotatable bonds is 1. The summed E-state index contributed by atoms with van der Waals surface area (Å²) in [5.74, 6) is 0.874. The standard InChI is InChI=1S/C14H18N4O2/c1-17-3-2-10-11(8-15)14(19)16-13(12(10)9-17)18-4-6-20-7-5-18/h2-7,9H2,1H3,(H,16,19). The van der Waals surface area contributed by atoms with Gasteiger partial charge in [0.1, 0.15) is 17.5 Å². The molecule has 0 bridgehead atoms. The summed E-state index contributed by atoms with van der Waals surface area (Å²) < 4.78 is 5.37. The van der Waals surface area contributed by atoms with Gasteiger partial charge in [0.05, 0.1) is 13.2 Å². The van der Waals surface area contributed by atoms with E-state index in [2.05, 4.69) is 27.9 Å². The van der Waals surface area contributed by atoms with Crippen LogP contribution < -0.4 is 10.5 Å². The molecule has 6 heteroatoms. The molecule has 1 aromatic heterocycles. The molecule has 0 aliphatic carbocycles. The van der Waals surface area contributed by atoms with Gasteiger partial charge in [0.2, 0.25) is 0 Å². The van der Waals surface area contributed by atoms with E-state index in [0.29, 0.717) is 13.2 Å². The Hall–Kier alpha value is -1.84. The van der Waals surface area contributed by atoms with Crippen LogP contribution in [0.3, 0.4) is 0 Å². The molecule has 2 aliphatic rings. The van der Waals surface area contributed by atoms with Crippen molar-refractivity contribution in [3.63, 3.8) is 0 Å². The van der Waals surface area contributed by atoms with Gasteiger partial charge in [-0.25, -0.2) is 0 Å². The summed E-state index contributed by atoms with van der Waals surface area (Å²) in [4.78, 5) is 19.4. The van der Waals surface area contributed by atoms with E-state index in [1.807, 2.05) is 0 Å². The number of hydrogen-bond acceptors (Lipinski definition) is 5. The normalized spacial score (nSPS) is 19.5. The molecule has 0 radical (unpaired) electrons. The summed E-state index contributed by atoms with van der Waals surface area (Å²) in [5.41, 5.74) is 2.04. The van der Waals surface area contributed by atoms with E-state index in [1.165, 1.54) is 0 Å². The first-order valence-electron chi connectivity index (χ1n) is 6.90. The van der Waals surface area contributed by atoms with Gasteiger partial charge in [-0.3, -0.25) is 4.79 Å². The minimum absolute atomic E-state index is 0.266. The van der Waals surface area contributed by atoms with Crippen LogP contribution in [-0.2, 0) is 17.7 Å². The van der Waals surface area contributed by atoms with E-state index in [9.17, 15) is 10.1 Å². The van der Waals surface area contributed by atoms with E-state index < -0.39 is 0 Å². The monoisotopic (exact) mass is 274 g/mol. The SMILES string of the molecule is CN1CCc2c(c(N3CCOCC3)[nH]c(=O)c2C#N)C1. The van der Waals surface area contributed by atoms with Crippen LogP contribution in [0.1, 0.15) is 16.7 Å². The number of H-pyrrole nitrogens is 1. The molecular weight excluding hydrogens is 256 g/mol. The van der Waals surface area contributed by atoms with Gasteiger partial charge in [0, 0.05) is 31.7 Å². The quantitative estimate of drug-likeness (QED) is 0.784.